The molecule has 38 heavy (non-hydrogen) atoms. The van der Waals surface area contributed by atoms with Gasteiger partial charge in [-0.3, -0.25) is 24.6 Å². The highest BCUT2D eigenvalue weighted by molar-refractivity contribution is 9.12. The summed E-state index contributed by atoms with van der Waals surface area (Å²) < 4.78 is 4.84. The van der Waals surface area contributed by atoms with E-state index in [4.69, 9.17) is 11.1 Å². The maximum absolute atomic E-state index is 12.9. The second-order valence-corrected chi connectivity index (χ2v) is 9.43. The Kier molecular flexibility index (Phi) is 8.57. The Morgan fingerprint density at radius 3 is 1.61 bits per heavy atom. The highest BCUT2D eigenvalue weighted by atomic mass is 79.9. The van der Waals surface area contributed by atoms with Crippen LogP contribution < -0.4 is 27.0 Å². The third kappa shape index (κ3) is 6.79. The summed E-state index contributed by atoms with van der Waals surface area (Å²) in [5.74, 6) is -1.70. The van der Waals surface area contributed by atoms with Gasteiger partial charge in [-0.05, 0) is 34.1 Å². The number of aromatic nitrogens is 3. The summed E-state index contributed by atoms with van der Waals surface area (Å²) in [6.07, 6.45) is 5.01. The number of amidine groups is 1. The molecule has 3 rings (SSSR count). The molecule has 0 saturated carbocycles. The van der Waals surface area contributed by atoms with Gasteiger partial charge >= 0.3 is 0 Å². The lowest BCUT2D eigenvalue weighted by Crippen LogP contribution is -2.28. The average Bonchev–Trinajstić information content (AvgIpc) is 3.49. The maximum atomic E-state index is 12.9. The minimum atomic E-state index is -0.444. The summed E-state index contributed by atoms with van der Waals surface area (Å²) in [5.41, 5.74) is 7.40. The van der Waals surface area contributed by atoms with E-state index in [1.165, 1.54) is 18.2 Å². The van der Waals surface area contributed by atoms with E-state index < -0.39 is 17.7 Å². The Labute approximate surface area is 226 Å². The average molecular weight is 586 g/mol. The molecule has 0 radical (unpaired) electrons. The number of nitrogens with zero attached hydrogens (tertiary/aromatic N) is 3. The normalized spacial score (nSPS) is 10.5. The number of hydrogen-bond donors (Lipinski definition) is 6. The first-order chi connectivity index (χ1) is 17.8. The number of carbonyl (C=O) groups excluding carboxylic acids is 4. The highest BCUT2D eigenvalue weighted by Crippen LogP contribution is 2.20. The molecule has 0 atom stereocenters. The van der Waals surface area contributed by atoms with E-state index in [0.717, 1.165) is 0 Å². The van der Waals surface area contributed by atoms with Gasteiger partial charge in [-0.1, -0.05) is 6.58 Å². The largest absolute Gasteiger partial charge is 0.388 e. The van der Waals surface area contributed by atoms with E-state index in [2.05, 4.69) is 43.8 Å². The third-order valence-corrected chi connectivity index (χ3v) is 5.77. The quantitative estimate of drug-likeness (QED) is 0.121. The van der Waals surface area contributed by atoms with E-state index >= 15 is 0 Å². The Balaban J connectivity index is 1.66. The van der Waals surface area contributed by atoms with Gasteiger partial charge in [-0.15, -0.1) is 0 Å². The Bertz CT molecular complexity index is 1450. The van der Waals surface area contributed by atoms with Crippen molar-refractivity contribution in [3.8, 4) is 0 Å². The van der Waals surface area contributed by atoms with Crippen molar-refractivity contribution >= 4 is 62.5 Å². The van der Waals surface area contributed by atoms with Crippen LogP contribution in [0, 0.1) is 5.41 Å². The zero-order valence-corrected chi connectivity index (χ0v) is 22.6. The first kappa shape index (κ1) is 28.0. The molecule has 0 aromatic carbocycles. The molecule has 0 spiro atoms. The van der Waals surface area contributed by atoms with E-state index in [9.17, 15) is 19.2 Å². The molecular weight excluding hydrogens is 558 g/mol. The fraction of sp³-hybridized carbons (Fsp3) is 0.208. The fourth-order valence-electron chi connectivity index (χ4n) is 3.57. The number of nitrogens with two attached hydrogens (primary N) is 1. The number of rotatable bonds is 10. The van der Waals surface area contributed by atoms with Gasteiger partial charge in [-0.25, -0.2) is 0 Å². The highest BCUT2D eigenvalue weighted by Gasteiger charge is 2.19. The zero-order valence-electron chi connectivity index (χ0n) is 21.0. The standard InChI is InChI=1S/C24H28BrN9O4/c1-13(25)21(35)29-14-8-18(33(3)10-14)23(37)31-16-9-19(34(4)12-16)24(38)30-15-7-17(32(2)11-15)22(36)28-6-5-20(26)27/h7-12H,1,5-6H2,2-4H3,(H3,26,27)(H,28,36)(H,29,35)(H,30,38)(H,31,37). The minimum absolute atomic E-state index is 0.0259. The molecule has 3 heterocycles. The maximum Gasteiger partial charge on any atom is 0.272 e. The number of anilines is 3. The van der Waals surface area contributed by atoms with Crippen molar-refractivity contribution in [2.45, 2.75) is 6.42 Å². The molecule has 0 aliphatic carbocycles. The topological polar surface area (TPSA) is 181 Å². The van der Waals surface area contributed by atoms with Crippen molar-refractivity contribution in [1.82, 2.24) is 19.0 Å². The van der Waals surface area contributed by atoms with Crippen molar-refractivity contribution < 1.29 is 19.2 Å². The Hall–Kier alpha value is -4.59. The second kappa shape index (κ2) is 11.6. The summed E-state index contributed by atoms with van der Waals surface area (Å²) in [4.78, 5) is 49.9. The van der Waals surface area contributed by atoms with Crippen LogP contribution in [0.25, 0.3) is 0 Å². The number of amides is 4. The number of carbonyl (C=O) groups is 4. The monoisotopic (exact) mass is 585 g/mol. The minimum Gasteiger partial charge on any atom is -0.388 e. The van der Waals surface area contributed by atoms with Crippen LogP contribution in [0.4, 0.5) is 17.1 Å². The Morgan fingerprint density at radius 1 is 0.816 bits per heavy atom. The van der Waals surface area contributed by atoms with Crippen LogP contribution in [-0.2, 0) is 25.9 Å². The van der Waals surface area contributed by atoms with Gasteiger partial charge in [0.25, 0.3) is 23.6 Å². The smallest absolute Gasteiger partial charge is 0.272 e. The van der Waals surface area contributed by atoms with Gasteiger partial charge in [0.2, 0.25) is 0 Å². The molecule has 0 fully saturated rings. The fourth-order valence-corrected chi connectivity index (χ4v) is 3.67. The molecular formula is C24H28BrN9O4. The predicted octanol–water partition coefficient (Wildman–Crippen LogP) is 2.11. The summed E-state index contributed by atoms with van der Waals surface area (Å²) in [6.45, 7) is 3.73. The van der Waals surface area contributed by atoms with Gasteiger partial charge in [0.15, 0.2) is 0 Å². The van der Waals surface area contributed by atoms with E-state index in [0.29, 0.717) is 22.8 Å². The van der Waals surface area contributed by atoms with Crippen LogP contribution in [0.3, 0.4) is 0 Å². The SMILES string of the molecule is C=C(Br)C(=O)Nc1cc(C(=O)Nc2cc(C(=O)Nc3cc(C(=O)NCCC(=N)N)n(C)c3)n(C)c2)n(C)c1. The van der Waals surface area contributed by atoms with Crippen LogP contribution >= 0.6 is 15.9 Å². The molecule has 13 nitrogen and oxygen atoms in total. The Morgan fingerprint density at radius 2 is 1.21 bits per heavy atom. The first-order valence-corrected chi connectivity index (χ1v) is 12.0. The van der Waals surface area contributed by atoms with Crippen LogP contribution in [0.15, 0.2) is 47.9 Å². The lowest BCUT2D eigenvalue weighted by Gasteiger charge is -2.04. The summed E-state index contributed by atoms with van der Waals surface area (Å²) in [6, 6.07) is 4.57. The number of halogens is 1. The molecule has 0 aliphatic rings. The van der Waals surface area contributed by atoms with Crippen molar-refractivity contribution in [1.29, 1.82) is 5.41 Å². The molecule has 14 heteroatoms. The van der Waals surface area contributed by atoms with Gasteiger partial charge in [0.1, 0.15) is 17.1 Å². The summed E-state index contributed by atoms with van der Waals surface area (Å²) in [7, 11) is 4.99. The molecule has 7 N–H and O–H groups in total. The molecule has 3 aromatic rings. The van der Waals surface area contributed by atoms with Crippen molar-refractivity contribution in [3.63, 3.8) is 0 Å². The molecule has 0 bridgehead atoms. The zero-order chi connectivity index (χ0) is 28.1. The lowest BCUT2D eigenvalue weighted by atomic mass is 10.3. The van der Waals surface area contributed by atoms with E-state index in [1.807, 2.05) is 0 Å². The molecule has 0 saturated heterocycles. The van der Waals surface area contributed by atoms with Gasteiger partial charge in [0.05, 0.1) is 27.4 Å². The van der Waals surface area contributed by atoms with Gasteiger partial charge < -0.3 is 40.7 Å². The lowest BCUT2D eigenvalue weighted by molar-refractivity contribution is -0.112. The summed E-state index contributed by atoms with van der Waals surface area (Å²) >= 11 is 3.00. The predicted molar refractivity (Wildman–Crippen MR) is 148 cm³/mol. The van der Waals surface area contributed by atoms with E-state index in [1.54, 1.807) is 53.4 Å². The molecule has 0 unspecified atom stereocenters. The van der Waals surface area contributed by atoms with Gasteiger partial charge in [-0.2, -0.15) is 0 Å². The van der Waals surface area contributed by atoms with Crippen LogP contribution in [-0.4, -0.2) is 49.7 Å². The second-order valence-electron chi connectivity index (χ2n) is 8.47. The van der Waals surface area contributed by atoms with Crippen LogP contribution in [0.5, 0.6) is 0 Å². The number of aryl methyl sites for hydroxylation is 3. The van der Waals surface area contributed by atoms with Crippen molar-refractivity contribution in [2.24, 2.45) is 26.9 Å². The summed E-state index contributed by atoms with van der Waals surface area (Å²) in [5, 5.41) is 18.0. The molecule has 0 aliphatic heterocycles. The molecule has 200 valence electrons. The number of nitrogens with one attached hydrogen (secondary N) is 5. The third-order valence-electron chi connectivity index (χ3n) is 5.41. The van der Waals surface area contributed by atoms with Crippen molar-refractivity contribution in [2.75, 3.05) is 22.5 Å². The molecule has 4 amide bonds. The van der Waals surface area contributed by atoms with E-state index in [-0.39, 0.29) is 40.6 Å². The van der Waals surface area contributed by atoms with Crippen LogP contribution in [0.1, 0.15) is 37.9 Å². The molecule has 3 aromatic heterocycles. The van der Waals surface area contributed by atoms with Crippen molar-refractivity contribution in [3.05, 3.63) is 64.9 Å². The first-order valence-electron chi connectivity index (χ1n) is 11.2. The van der Waals surface area contributed by atoms with Crippen LogP contribution in [0.2, 0.25) is 0 Å². The number of hydrogen-bond acceptors (Lipinski definition) is 5. The van der Waals surface area contributed by atoms with Gasteiger partial charge in [0, 0.05) is 52.7 Å².